The number of carbonyl (C=O) groups is 2. The van der Waals surface area contributed by atoms with Gasteiger partial charge in [0.1, 0.15) is 5.82 Å². The van der Waals surface area contributed by atoms with E-state index in [1.807, 2.05) is 0 Å². The van der Waals surface area contributed by atoms with Crippen molar-refractivity contribution in [3.63, 3.8) is 0 Å². The smallest absolute Gasteiger partial charge is 0.310 e. The molecule has 4 nitrogen and oxygen atoms in total. The number of rotatable bonds is 5. The maximum atomic E-state index is 13.0. The Labute approximate surface area is 127 Å². The van der Waals surface area contributed by atoms with E-state index in [9.17, 15) is 19.1 Å². The molecule has 0 radical (unpaired) electrons. The first-order chi connectivity index (χ1) is 9.93. The average molecular weight is 314 g/mol. The lowest BCUT2D eigenvalue weighted by Gasteiger charge is -2.22. The molecule has 1 saturated carbocycles. The van der Waals surface area contributed by atoms with E-state index in [1.54, 1.807) is 0 Å². The monoisotopic (exact) mass is 313 g/mol. The number of carboxylic acids is 1. The molecule has 114 valence electrons. The minimum atomic E-state index is -0.926. The zero-order chi connectivity index (χ0) is 15.5. The highest BCUT2D eigenvalue weighted by molar-refractivity contribution is 6.30. The molecule has 1 aliphatic carbocycles. The van der Waals surface area contributed by atoms with Gasteiger partial charge in [-0.3, -0.25) is 9.59 Å². The Morgan fingerprint density at radius 1 is 1.33 bits per heavy atom. The molecule has 1 aromatic rings. The number of halogens is 2. The van der Waals surface area contributed by atoms with Gasteiger partial charge in [-0.05, 0) is 30.5 Å². The SMILES string of the molecule is O=C(CC1(C(=O)O)CCCC1)NCc1ccc(F)c(Cl)c1. The molecule has 0 atom stereocenters. The van der Waals surface area contributed by atoms with Gasteiger partial charge in [0, 0.05) is 13.0 Å². The van der Waals surface area contributed by atoms with E-state index >= 15 is 0 Å². The lowest BCUT2D eigenvalue weighted by Crippen LogP contribution is -2.35. The Morgan fingerprint density at radius 2 is 2.00 bits per heavy atom. The quantitative estimate of drug-likeness (QED) is 0.877. The molecular weight excluding hydrogens is 297 g/mol. The molecule has 1 aromatic carbocycles. The van der Waals surface area contributed by atoms with Crippen LogP contribution in [-0.4, -0.2) is 17.0 Å². The molecule has 0 aliphatic heterocycles. The van der Waals surface area contributed by atoms with Gasteiger partial charge in [0.15, 0.2) is 0 Å². The molecule has 0 bridgehead atoms. The maximum absolute atomic E-state index is 13.0. The third kappa shape index (κ3) is 3.73. The Kier molecular flexibility index (Phi) is 4.83. The predicted molar refractivity (Wildman–Crippen MR) is 76.4 cm³/mol. The second-order valence-electron chi connectivity index (χ2n) is 5.49. The number of carbonyl (C=O) groups excluding carboxylic acids is 1. The number of amides is 1. The Hall–Kier alpha value is -1.62. The fraction of sp³-hybridized carbons (Fsp3) is 0.467. The van der Waals surface area contributed by atoms with Crippen LogP contribution in [0, 0.1) is 11.2 Å². The van der Waals surface area contributed by atoms with Crippen LogP contribution in [0.5, 0.6) is 0 Å². The number of carboxylic acid groups (broad SMARTS) is 1. The lowest BCUT2D eigenvalue weighted by molar-refractivity contribution is -0.151. The number of hydrogen-bond donors (Lipinski definition) is 2. The van der Waals surface area contributed by atoms with Gasteiger partial charge in [-0.1, -0.05) is 30.5 Å². The second-order valence-corrected chi connectivity index (χ2v) is 5.90. The van der Waals surface area contributed by atoms with Crippen LogP contribution in [0.3, 0.4) is 0 Å². The van der Waals surface area contributed by atoms with Gasteiger partial charge in [0.05, 0.1) is 10.4 Å². The summed E-state index contributed by atoms with van der Waals surface area (Å²) in [5.41, 5.74) is -0.254. The average Bonchev–Trinajstić information content (AvgIpc) is 2.90. The maximum Gasteiger partial charge on any atom is 0.310 e. The van der Waals surface area contributed by atoms with Crippen molar-refractivity contribution in [2.75, 3.05) is 0 Å². The van der Waals surface area contributed by atoms with Crippen molar-refractivity contribution in [2.24, 2.45) is 5.41 Å². The molecule has 1 fully saturated rings. The normalized spacial score (nSPS) is 16.7. The molecule has 0 saturated heterocycles. The zero-order valence-electron chi connectivity index (χ0n) is 11.5. The second kappa shape index (κ2) is 6.43. The van der Waals surface area contributed by atoms with Crippen LogP contribution in [0.2, 0.25) is 5.02 Å². The molecular formula is C15H17ClFNO3. The molecule has 1 amide bonds. The third-order valence-electron chi connectivity index (χ3n) is 3.99. The van der Waals surface area contributed by atoms with Crippen LogP contribution in [0.4, 0.5) is 4.39 Å². The van der Waals surface area contributed by atoms with Crippen molar-refractivity contribution in [3.05, 3.63) is 34.6 Å². The van der Waals surface area contributed by atoms with E-state index in [0.29, 0.717) is 18.4 Å². The predicted octanol–water partition coefficient (Wildman–Crippen LogP) is 3.13. The Balaban J connectivity index is 1.92. The topological polar surface area (TPSA) is 66.4 Å². The number of nitrogens with one attached hydrogen (secondary N) is 1. The van der Waals surface area contributed by atoms with Crippen molar-refractivity contribution in [1.29, 1.82) is 0 Å². The molecule has 0 aromatic heterocycles. The minimum Gasteiger partial charge on any atom is -0.481 e. The molecule has 0 heterocycles. The summed E-state index contributed by atoms with van der Waals surface area (Å²) < 4.78 is 13.0. The van der Waals surface area contributed by atoms with Crippen molar-refractivity contribution >= 4 is 23.5 Å². The molecule has 1 aliphatic rings. The zero-order valence-corrected chi connectivity index (χ0v) is 12.3. The third-order valence-corrected chi connectivity index (χ3v) is 4.28. The van der Waals surface area contributed by atoms with Gasteiger partial charge in [-0.25, -0.2) is 4.39 Å². The van der Waals surface area contributed by atoms with E-state index in [0.717, 1.165) is 12.8 Å². The van der Waals surface area contributed by atoms with Gasteiger partial charge in [0.2, 0.25) is 5.91 Å². The van der Waals surface area contributed by atoms with Crippen LogP contribution in [0.15, 0.2) is 18.2 Å². The van der Waals surface area contributed by atoms with Gasteiger partial charge >= 0.3 is 5.97 Å². The summed E-state index contributed by atoms with van der Waals surface area (Å²) in [4.78, 5) is 23.3. The van der Waals surface area contributed by atoms with Crippen molar-refractivity contribution < 1.29 is 19.1 Å². The first-order valence-corrected chi connectivity index (χ1v) is 7.25. The van der Waals surface area contributed by atoms with E-state index in [-0.39, 0.29) is 23.9 Å². The van der Waals surface area contributed by atoms with Gasteiger partial charge in [-0.2, -0.15) is 0 Å². The van der Waals surface area contributed by atoms with E-state index in [4.69, 9.17) is 11.6 Å². The molecule has 2 N–H and O–H groups in total. The van der Waals surface area contributed by atoms with E-state index < -0.39 is 17.2 Å². The first-order valence-electron chi connectivity index (χ1n) is 6.87. The van der Waals surface area contributed by atoms with Crippen molar-refractivity contribution in [1.82, 2.24) is 5.32 Å². The molecule has 2 rings (SSSR count). The highest BCUT2D eigenvalue weighted by atomic mass is 35.5. The molecule has 21 heavy (non-hydrogen) atoms. The van der Waals surface area contributed by atoms with Crippen molar-refractivity contribution in [3.8, 4) is 0 Å². The van der Waals surface area contributed by atoms with Gasteiger partial charge in [-0.15, -0.1) is 0 Å². The summed E-state index contributed by atoms with van der Waals surface area (Å²) >= 11 is 5.66. The minimum absolute atomic E-state index is 0.000418. The van der Waals surface area contributed by atoms with Crippen LogP contribution in [0.25, 0.3) is 0 Å². The summed E-state index contributed by atoms with van der Waals surface area (Å²) in [6.45, 7) is 0.203. The van der Waals surface area contributed by atoms with E-state index in [1.165, 1.54) is 18.2 Å². The summed E-state index contributed by atoms with van der Waals surface area (Å²) in [5.74, 6) is -1.72. The highest BCUT2D eigenvalue weighted by Gasteiger charge is 2.42. The lowest BCUT2D eigenvalue weighted by atomic mass is 9.82. The summed E-state index contributed by atoms with van der Waals surface area (Å²) in [7, 11) is 0. The Bertz CT molecular complexity index is 556. The van der Waals surface area contributed by atoms with Crippen LogP contribution in [0.1, 0.15) is 37.7 Å². The molecule has 0 unspecified atom stereocenters. The summed E-state index contributed by atoms with van der Waals surface area (Å²) in [6, 6.07) is 4.21. The summed E-state index contributed by atoms with van der Waals surface area (Å²) in [6.07, 6.45) is 2.74. The fourth-order valence-electron chi connectivity index (χ4n) is 2.74. The van der Waals surface area contributed by atoms with Crippen LogP contribution >= 0.6 is 11.6 Å². The van der Waals surface area contributed by atoms with E-state index in [2.05, 4.69) is 5.32 Å². The standard InChI is InChI=1S/C15H17ClFNO3/c16-11-7-10(3-4-12(11)17)9-18-13(19)8-15(14(20)21)5-1-2-6-15/h3-4,7H,1-2,5-6,8-9H2,(H,18,19)(H,20,21). The van der Waals surface area contributed by atoms with Crippen molar-refractivity contribution in [2.45, 2.75) is 38.6 Å². The van der Waals surface area contributed by atoms with Crippen LogP contribution < -0.4 is 5.32 Å². The Morgan fingerprint density at radius 3 is 2.57 bits per heavy atom. The van der Waals surface area contributed by atoms with Gasteiger partial charge < -0.3 is 10.4 Å². The largest absolute Gasteiger partial charge is 0.481 e. The molecule has 0 spiro atoms. The highest BCUT2D eigenvalue weighted by Crippen LogP contribution is 2.41. The summed E-state index contributed by atoms with van der Waals surface area (Å²) in [5, 5.41) is 12.0. The number of hydrogen-bond acceptors (Lipinski definition) is 2. The fourth-order valence-corrected chi connectivity index (χ4v) is 2.94. The number of benzene rings is 1. The number of aliphatic carboxylic acids is 1. The first kappa shape index (κ1) is 15.8. The van der Waals surface area contributed by atoms with Gasteiger partial charge in [0.25, 0.3) is 0 Å². The molecule has 6 heteroatoms. The van der Waals surface area contributed by atoms with Crippen LogP contribution in [-0.2, 0) is 16.1 Å².